The Hall–Kier alpha value is -2.16. The number of anilines is 1. The van der Waals surface area contributed by atoms with E-state index in [4.69, 9.17) is 5.26 Å². The third-order valence-electron chi connectivity index (χ3n) is 3.97. The van der Waals surface area contributed by atoms with Gasteiger partial charge in [0.15, 0.2) is 0 Å². The molecular formula is C14H18N4O2. The number of pyridine rings is 1. The van der Waals surface area contributed by atoms with Crippen molar-refractivity contribution in [1.82, 2.24) is 4.98 Å². The van der Waals surface area contributed by atoms with Crippen LogP contribution in [0.3, 0.4) is 0 Å². The minimum Gasteiger partial charge on any atom is -0.366 e. The Labute approximate surface area is 118 Å². The summed E-state index contributed by atoms with van der Waals surface area (Å²) in [5.41, 5.74) is 0.0820. The fraction of sp³-hybridized carbons (Fsp3) is 0.571. The lowest BCUT2D eigenvalue weighted by atomic mass is 9.84. The first-order chi connectivity index (χ1) is 9.63. The van der Waals surface area contributed by atoms with Crippen molar-refractivity contribution >= 4 is 11.5 Å². The maximum absolute atomic E-state index is 10.7. The fourth-order valence-corrected chi connectivity index (χ4v) is 2.66. The van der Waals surface area contributed by atoms with Crippen LogP contribution in [-0.4, -0.2) is 15.9 Å². The Kier molecular flexibility index (Phi) is 4.51. The Morgan fingerprint density at radius 3 is 2.75 bits per heavy atom. The number of nitrogens with one attached hydrogen (secondary N) is 1. The van der Waals surface area contributed by atoms with E-state index < -0.39 is 4.92 Å². The zero-order valence-electron chi connectivity index (χ0n) is 11.5. The van der Waals surface area contributed by atoms with E-state index in [1.165, 1.54) is 31.5 Å². The third-order valence-corrected chi connectivity index (χ3v) is 3.97. The van der Waals surface area contributed by atoms with Gasteiger partial charge in [0, 0.05) is 12.1 Å². The van der Waals surface area contributed by atoms with E-state index in [-0.39, 0.29) is 11.3 Å². The molecule has 0 aliphatic heterocycles. The number of hydrogen-bond donors (Lipinski definition) is 1. The molecule has 1 aliphatic carbocycles. The molecule has 2 rings (SSSR count). The summed E-state index contributed by atoms with van der Waals surface area (Å²) in [5.74, 6) is 1.26. The van der Waals surface area contributed by atoms with E-state index in [2.05, 4.69) is 17.2 Å². The molecule has 0 saturated heterocycles. The van der Waals surface area contributed by atoms with Crippen LogP contribution in [0, 0.1) is 27.4 Å². The molecule has 0 amide bonds. The van der Waals surface area contributed by atoms with Crippen LogP contribution < -0.4 is 5.32 Å². The highest BCUT2D eigenvalue weighted by molar-refractivity contribution is 5.56. The molecule has 1 N–H and O–H groups in total. The van der Waals surface area contributed by atoms with Gasteiger partial charge in [-0.3, -0.25) is 10.1 Å². The van der Waals surface area contributed by atoms with E-state index in [0.717, 1.165) is 18.8 Å². The van der Waals surface area contributed by atoms with Gasteiger partial charge in [0.05, 0.1) is 4.92 Å². The van der Waals surface area contributed by atoms with Crippen LogP contribution in [-0.2, 0) is 0 Å². The van der Waals surface area contributed by atoms with Gasteiger partial charge in [-0.2, -0.15) is 5.26 Å². The minimum absolute atomic E-state index is 0.151. The van der Waals surface area contributed by atoms with Crippen LogP contribution in [0.2, 0.25) is 0 Å². The van der Waals surface area contributed by atoms with Crippen molar-refractivity contribution in [3.05, 3.63) is 27.9 Å². The van der Waals surface area contributed by atoms with E-state index in [9.17, 15) is 10.1 Å². The Morgan fingerprint density at radius 1 is 1.50 bits per heavy atom. The van der Waals surface area contributed by atoms with Gasteiger partial charge in [-0.15, -0.1) is 0 Å². The highest BCUT2D eigenvalue weighted by Crippen LogP contribution is 2.29. The van der Waals surface area contributed by atoms with Crippen molar-refractivity contribution in [3.8, 4) is 6.07 Å². The Bertz CT molecular complexity index is 530. The van der Waals surface area contributed by atoms with Crippen molar-refractivity contribution < 1.29 is 4.92 Å². The summed E-state index contributed by atoms with van der Waals surface area (Å²) in [6, 6.07) is 3.55. The summed E-state index contributed by atoms with van der Waals surface area (Å²) in [5, 5.41) is 23.0. The molecule has 1 saturated carbocycles. The van der Waals surface area contributed by atoms with Gasteiger partial charge >= 0.3 is 0 Å². The van der Waals surface area contributed by atoms with Crippen LogP contribution in [0.15, 0.2) is 12.3 Å². The molecule has 1 fully saturated rings. The first-order valence-electron chi connectivity index (χ1n) is 6.95. The van der Waals surface area contributed by atoms with Gasteiger partial charge < -0.3 is 5.32 Å². The van der Waals surface area contributed by atoms with Crippen LogP contribution in [0.25, 0.3) is 0 Å². The second-order valence-corrected chi connectivity index (χ2v) is 5.23. The number of hydrogen-bond acceptors (Lipinski definition) is 5. The predicted molar refractivity (Wildman–Crippen MR) is 75.3 cm³/mol. The molecule has 0 bridgehead atoms. The third kappa shape index (κ3) is 3.23. The summed E-state index contributed by atoms with van der Waals surface area (Å²) in [6.07, 6.45) is 6.89. The molecule has 0 radical (unpaired) electrons. The zero-order chi connectivity index (χ0) is 14.5. The Balaban J connectivity index is 2.06. The van der Waals surface area contributed by atoms with Crippen molar-refractivity contribution in [2.45, 2.75) is 45.1 Å². The Morgan fingerprint density at radius 2 is 2.20 bits per heavy atom. The van der Waals surface area contributed by atoms with Gasteiger partial charge in [-0.25, -0.2) is 4.98 Å². The van der Waals surface area contributed by atoms with Crippen LogP contribution in [0.1, 0.15) is 44.6 Å². The summed E-state index contributed by atoms with van der Waals surface area (Å²) in [4.78, 5) is 14.2. The summed E-state index contributed by atoms with van der Waals surface area (Å²) in [6.45, 7) is 2.21. The average Bonchev–Trinajstić information content (AvgIpc) is 2.48. The lowest BCUT2D eigenvalue weighted by Crippen LogP contribution is -2.26. The molecule has 0 aromatic carbocycles. The molecular weight excluding hydrogens is 256 g/mol. The topological polar surface area (TPSA) is 91.8 Å². The van der Waals surface area contributed by atoms with Gasteiger partial charge in [-0.1, -0.05) is 13.3 Å². The number of nitriles is 1. The molecule has 0 atom stereocenters. The van der Waals surface area contributed by atoms with Gasteiger partial charge in [0.25, 0.3) is 5.69 Å². The number of rotatable bonds is 4. The molecule has 20 heavy (non-hydrogen) atoms. The first kappa shape index (κ1) is 14.3. The second-order valence-electron chi connectivity index (χ2n) is 5.23. The van der Waals surface area contributed by atoms with Gasteiger partial charge in [0.1, 0.15) is 23.6 Å². The van der Waals surface area contributed by atoms with E-state index in [1.54, 1.807) is 0 Å². The monoisotopic (exact) mass is 274 g/mol. The molecule has 1 aromatic rings. The molecule has 6 heteroatoms. The average molecular weight is 274 g/mol. The molecule has 0 unspecified atom stereocenters. The number of aromatic nitrogens is 1. The quantitative estimate of drug-likeness (QED) is 0.672. The van der Waals surface area contributed by atoms with Crippen molar-refractivity contribution in [2.24, 2.45) is 5.92 Å². The highest BCUT2D eigenvalue weighted by Gasteiger charge is 2.21. The molecule has 6 nitrogen and oxygen atoms in total. The largest absolute Gasteiger partial charge is 0.366 e. The van der Waals surface area contributed by atoms with Gasteiger partial charge in [0.2, 0.25) is 0 Å². The van der Waals surface area contributed by atoms with Crippen molar-refractivity contribution in [1.29, 1.82) is 5.26 Å². The molecule has 1 aliphatic rings. The maximum atomic E-state index is 10.7. The smallest absolute Gasteiger partial charge is 0.289 e. The molecule has 1 heterocycles. The van der Waals surface area contributed by atoms with Crippen molar-refractivity contribution in [3.63, 3.8) is 0 Å². The number of nitrogens with zero attached hydrogens (tertiary/aromatic N) is 3. The van der Waals surface area contributed by atoms with Crippen molar-refractivity contribution in [2.75, 3.05) is 5.32 Å². The van der Waals surface area contributed by atoms with Crippen LogP contribution in [0.4, 0.5) is 11.5 Å². The molecule has 1 aromatic heterocycles. The predicted octanol–water partition coefficient (Wildman–Crippen LogP) is 3.24. The zero-order valence-corrected chi connectivity index (χ0v) is 11.5. The van der Waals surface area contributed by atoms with Gasteiger partial charge in [-0.05, 0) is 31.6 Å². The SMILES string of the molecule is CCC1CCC(Nc2ncc([N+](=O)[O-])cc2C#N)CC1. The van der Waals surface area contributed by atoms with E-state index in [1.807, 2.05) is 6.07 Å². The van der Waals surface area contributed by atoms with E-state index >= 15 is 0 Å². The fourth-order valence-electron chi connectivity index (χ4n) is 2.66. The number of nitro groups is 1. The lowest BCUT2D eigenvalue weighted by Gasteiger charge is -2.28. The summed E-state index contributed by atoms with van der Waals surface area (Å²) < 4.78 is 0. The minimum atomic E-state index is -0.538. The molecule has 0 spiro atoms. The summed E-state index contributed by atoms with van der Waals surface area (Å²) >= 11 is 0. The highest BCUT2D eigenvalue weighted by atomic mass is 16.6. The first-order valence-corrected chi connectivity index (χ1v) is 6.95. The van der Waals surface area contributed by atoms with Crippen LogP contribution in [0.5, 0.6) is 0 Å². The maximum Gasteiger partial charge on any atom is 0.289 e. The normalized spacial score (nSPS) is 22.0. The van der Waals surface area contributed by atoms with E-state index in [0.29, 0.717) is 11.9 Å². The second kappa shape index (κ2) is 6.33. The standard InChI is InChI=1S/C14H18N4O2/c1-2-10-3-5-12(6-4-10)17-14-11(8-15)7-13(9-16-14)18(19)20/h7,9-10,12H,2-6H2,1H3,(H,16,17). The van der Waals surface area contributed by atoms with Crippen LogP contribution >= 0.6 is 0 Å². The summed E-state index contributed by atoms with van der Waals surface area (Å²) in [7, 11) is 0. The molecule has 106 valence electrons. The lowest BCUT2D eigenvalue weighted by molar-refractivity contribution is -0.385.